The Balaban J connectivity index is 4.87. The first kappa shape index (κ1) is 22.8. The van der Waals surface area contributed by atoms with Crippen molar-refractivity contribution >= 4 is 23.5 Å². The van der Waals surface area contributed by atoms with E-state index < -0.39 is 35.1 Å². The molecule has 0 aromatic carbocycles. The largest absolute Gasteiger partial charge is 0.366 e. The molecular formula is C18H31N3O4. The second-order valence-electron chi connectivity index (χ2n) is 7.12. The Morgan fingerprint density at radius 3 is 2.08 bits per heavy atom. The molecule has 0 fully saturated rings. The van der Waals surface area contributed by atoms with Crippen LogP contribution in [-0.2, 0) is 19.2 Å². The second-order valence-corrected chi connectivity index (χ2v) is 7.12. The lowest BCUT2D eigenvalue weighted by atomic mass is 10.0. The standard InChI is InChI=1S/C18H31N3O4/c1-6-7-8-9-10-11-13(22)20-14(12(2)16(19)24)15(23)17(25)21-18(3,4)5/h14H,2,6-11H2,1,3-5H3,(H2,19,24)(H,20,22)(H,21,25)/t14-/m1/s1. The van der Waals surface area contributed by atoms with E-state index in [-0.39, 0.29) is 12.0 Å². The van der Waals surface area contributed by atoms with Crippen LogP contribution in [0, 0.1) is 0 Å². The molecule has 0 heterocycles. The minimum Gasteiger partial charge on any atom is -0.366 e. The predicted octanol–water partition coefficient (Wildman–Crippen LogP) is 1.36. The fourth-order valence-electron chi connectivity index (χ4n) is 2.11. The van der Waals surface area contributed by atoms with E-state index in [0.29, 0.717) is 6.42 Å². The van der Waals surface area contributed by atoms with Gasteiger partial charge in [0.15, 0.2) is 0 Å². The highest BCUT2D eigenvalue weighted by molar-refractivity contribution is 6.40. The Kier molecular flexibility index (Phi) is 9.71. The molecule has 0 rings (SSSR count). The molecular weight excluding hydrogens is 322 g/mol. The maximum Gasteiger partial charge on any atom is 0.290 e. The molecule has 0 bridgehead atoms. The summed E-state index contributed by atoms with van der Waals surface area (Å²) < 4.78 is 0. The van der Waals surface area contributed by atoms with Gasteiger partial charge in [0.05, 0.1) is 0 Å². The van der Waals surface area contributed by atoms with E-state index in [4.69, 9.17) is 5.73 Å². The van der Waals surface area contributed by atoms with Crippen LogP contribution in [-0.4, -0.2) is 35.1 Å². The molecule has 0 unspecified atom stereocenters. The molecule has 7 nitrogen and oxygen atoms in total. The van der Waals surface area contributed by atoms with Gasteiger partial charge in [0.1, 0.15) is 6.04 Å². The van der Waals surface area contributed by atoms with E-state index in [9.17, 15) is 19.2 Å². The van der Waals surface area contributed by atoms with Crippen LogP contribution in [0.2, 0.25) is 0 Å². The number of hydrogen-bond donors (Lipinski definition) is 3. The quantitative estimate of drug-likeness (QED) is 0.295. The summed E-state index contributed by atoms with van der Waals surface area (Å²) in [5, 5.41) is 4.91. The number of carbonyl (C=O) groups excluding carboxylic acids is 4. The molecule has 142 valence electrons. The van der Waals surface area contributed by atoms with Crippen LogP contribution in [0.3, 0.4) is 0 Å². The minimum atomic E-state index is -1.44. The molecule has 3 amide bonds. The third-order valence-corrected chi connectivity index (χ3v) is 3.45. The molecule has 0 aromatic rings. The summed E-state index contributed by atoms with van der Waals surface area (Å²) >= 11 is 0. The number of primary amides is 1. The molecule has 25 heavy (non-hydrogen) atoms. The zero-order valence-corrected chi connectivity index (χ0v) is 15.7. The van der Waals surface area contributed by atoms with Crippen molar-refractivity contribution in [1.29, 1.82) is 0 Å². The van der Waals surface area contributed by atoms with E-state index in [1.807, 2.05) is 0 Å². The van der Waals surface area contributed by atoms with E-state index >= 15 is 0 Å². The van der Waals surface area contributed by atoms with Crippen molar-refractivity contribution in [2.45, 2.75) is 77.8 Å². The number of nitrogens with two attached hydrogens (primary N) is 1. The lowest BCUT2D eigenvalue weighted by Crippen LogP contribution is -2.53. The van der Waals surface area contributed by atoms with E-state index in [0.717, 1.165) is 25.7 Å². The number of rotatable bonds is 11. The van der Waals surface area contributed by atoms with Crippen molar-refractivity contribution in [2.24, 2.45) is 5.73 Å². The fourth-order valence-corrected chi connectivity index (χ4v) is 2.11. The van der Waals surface area contributed by atoms with Gasteiger partial charge in [0.2, 0.25) is 17.6 Å². The van der Waals surface area contributed by atoms with Crippen molar-refractivity contribution in [3.05, 3.63) is 12.2 Å². The summed E-state index contributed by atoms with van der Waals surface area (Å²) in [6.07, 6.45) is 5.03. The van der Waals surface area contributed by atoms with Gasteiger partial charge in [-0.1, -0.05) is 39.2 Å². The summed E-state index contributed by atoms with van der Waals surface area (Å²) in [5.41, 5.74) is 4.22. The molecule has 0 aliphatic carbocycles. The Morgan fingerprint density at radius 2 is 1.60 bits per heavy atom. The molecule has 0 saturated carbocycles. The number of amides is 3. The van der Waals surface area contributed by atoms with Gasteiger partial charge >= 0.3 is 0 Å². The zero-order valence-electron chi connectivity index (χ0n) is 15.7. The summed E-state index contributed by atoms with van der Waals surface area (Å²) in [5.74, 6) is -3.22. The normalized spacial score (nSPS) is 12.2. The van der Waals surface area contributed by atoms with Gasteiger partial charge in [-0.2, -0.15) is 0 Å². The number of Topliss-reactive ketones (excluding diaryl/α,β-unsaturated/α-hetero) is 1. The molecule has 0 radical (unpaired) electrons. The monoisotopic (exact) mass is 353 g/mol. The van der Waals surface area contributed by atoms with Crippen molar-refractivity contribution in [3.63, 3.8) is 0 Å². The van der Waals surface area contributed by atoms with E-state index in [1.165, 1.54) is 0 Å². The summed E-state index contributed by atoms with van der Waals surface area (Å²) in [7, 11) is 0. The topological polar surface area (TPSA) is 118 Å². The first-order valence-corrected chi connectivity index (χ1v) is 8.64. The van der Waals surface area contributed by atoms with Crippen molar-refractivity contribution in [3.8, 4) is 0 Å². The van der Waals surface area contributed by atoms with E-state index in [1.54, 1.807) is 20.8 Å². The Labute approximate surface area is 149 Å². The first-order valence-electron chi connectivity index (χ1n) is 8.64. The summed E-state index contributed by atoms with van der Waals surface area (Å²) in [4.78, 5) is 47.7. The fraction of sp³-hybridized carbons (Fsp3) is 0.667. The minimum absolute atomic E-state index is 0.209. The lowest BCUT2D eigenvalue weighted by molar-refractivity contribution is -0.140. The highest BCUT2D eigenvalue weighted by atomic mass is 16.2. The van der Waals surface area contributed by atoms with Crippen LogP contribution in [0.15, 0.2) is 12.2 Å². The highest BCUT2D eigenvalue weighted by Crippen LogP contribution is 2.08. The third kappa shape index (κ3) is 9.64. The van der Waals surface area contributed by atoms with Gasteiger partial charge in [-0.15, -0.1) is 0 Å². The molecule has 0 aromatic heterocycles. The number of ketones is 1. The van der Waals surface area contributed by atoms with Crippen molar-refractivity contribution < 1.29 is 19.2 Å². The maximum atomic E-state index is 12.3. The van der Waals surface area contributed by atoms with E-state index in [2.05, 4.69) is 24.1 Å². The van der Waals surface area contributed by atoms with Crippen LogP contribution in [0.4, 0.5) is 0 Å². The molecule has 4 N–H and O–H groups in total. The van der Waals surface area contributed by atoms with Gasteiger partial charge in [-0.3, -0.25) is 19.2 Å². The highest BCUT2D eigenvalue weighted by Gasteiger charge is 2.32. The molecule has 1 atom stereocenters. The van der Waals surface area contributed by atoms with Gasteiger partial charge in [-0.05, 0) is 27.2 Å². The predicted molar refractivity (Wildman–Crippen MR) is 96.5 cm³/mol. The lowest BCUT2D eigenvalue weighted by Gasteiger charge is -2.23. The van der Waals surface area contributed by atoms with Gasteiger partial charge < -0.3 is 16.4 Å². The Hall–Kier alpha value is -2.18. The van der Waals surface area contributed by atoms with Crippen LogP contribution in [0.5, 0.6) is 0 Å². The molecule has 0 aliphatic heterocycles. The van der Waals surface area contributed by atoms with Crippen molar-refractivity contribution in [1.82, 2.24) is 10.6 Å². The Bertz CT molecular complexity index is 521. The average Bonchev–Trinajstić information content (AvgIpc) is 2.49. The second kappa shape index (κ2) is 10.6. The van der Waals surface area contributed by atoms with Crippen LogP contribution in [0.25, 0.3) is 0 Å². The maximum absolute atomic E-state index is 12.3. The smallest absolute Gasteiger partial charge is 0.290 e. The van der Waals surface area contributed by atoms with Crippen LogP contribution >= 0.6 is 0 Å². The molecule has 0 aliphatic rings. The van der Waals surface area contributed by atoms with Crippen molar-refractivity contribution in [2.75, 3.05) is 0 Å². The van der Waals surface area contributed by atoms with Gasteiger partial charge in [-0.25, -0.2) is 0 Å². The number of nitrogens with one attached hydrogen (secondary N) is 2. The molecule has 7 heteroatoms. The van der Waals surface area contributed by atoms with Crippen LogP contribution < -0.4 is 16.4 Å². The molecule has 0 saturated heterocycles. The summed E-state index contributed by atoms with van der Waals surface area (Å²) in [6, 6.07) is -1.44. The number of carbonyl (C=O) groups is 4. The summed E-state index contributed by atoms with van der Waals surface area (Å²) in [6.45, 7) is 10.7. The third-order valence-electron chi connectivity index (χ3n) is 3.45. The zero-order chi connectivity index (χ0) is 19.6. The van der Waals surface area contributed by atoms with Gasteiger partial charge in [0, 0.05) is 17.5 Å². The Morgan fingerprint density at radius 1 is 1.04 bits per heavy atom. The SMILES string of the molecule is C=C(C(N)=O)[C@@H](NC(=O)CCCCCCC)C(=O)C(=O)NC(C)(C)C. The number of hydrogen-bond acceptors (Lipinski definition) is 4. The first-order chi connectivity index (χ1) is 11.5. The van der Waals surface area contributed by atoms with Crippen LogP contribution in [0.1, 0.15) is 66.2 Å². The average molecular weight is 353 g/mol. The number of unbranched alkanes of at least 4 members (excludes halogenated alkanes) is 4. The molecule has 0 spiro atoms. The van der Waals surface area contributed by atoms with Gasteiger partial charge in [0.25, 0.3) is 5.91 Å².